The lowest BCUT2D eigenvalue weighted by Gasteiger charge is -2.36. The number of fused-ring (bicyclic) bond motifs is 1. The molecule has 0 aliphatic carbocycles. The van der Waals surface area contributed by atoms with Gasteiger partial charge in [0.15, 0.2) is 0 Å². The summed E-state index contributed by atoms with van der Waals surface area (Å²) in [4.78, 5) is 40.1. The second-order valence-corrected chi connectivity index (χ2v) is 10.3. The van der Waals surface area contributed by atoms with Crippen molar-refractivity contribution in [2.45, 2.75) is 25.4 Å². The first-order chi connectivity index (χ1) is 19.4. The number of nitrogens with zero attached hydrogens (tertiary/aromatic N) is 4. The van der Waals surface area contributed by atoms with Crippen LogP contribution < -0.4 is 21.3 Å². The average Bonchev–Trinajstić information content (AvgIpc) is 3.40. The predicted octanol–water partition coefficient (Wildman–Crippen LogP) is 2.66. The highest BCUT2D eigenvalue weighted by Crippen LogP contribution is 2.23. The van der Waals surface area contributed by atoms with Crippen molar-refractivity contribution in [3.63, 3.8) is 0 Å². The number of anilines is 2. The number of amides is 3. The van der Waals surface area contributed by atoms with Crippen LogP contribution >= 0.6 is 0 Å². The summed E-state index contributed by atoms with van der Waals surface area (Å²) in [6.07, 6.45) is 2.77. The molecule has 2 aliphatic heterocycles. The summed E-state index contributed by atoms with van der Waals surface area (Å²) in [7, 11) is 0. The number of carbonyl (C=O) groups excluding carboxylic acids is 3. The van der Waals surface area contributed by atoms with E-state index < -0.39 is 5.91 Å². The molecule has 1 atom stereocenters. The van der Waals surface area contributed by atoms with Crippen LogP contribution in [0, 0.1) is 0 Å². The minimum Gasteiger partial charge on any atom is -0.374 e. The number of aromatic nitrogens is 2. The fraction of sp³-hybridized carbons (Fsp3) is 0.267. The summed E-state index contributed by atoms with van der Waals surface area (Å²) in [6, 6.07) is 21.5. The third kappa shape index (κ3) is 5.39. The molecule has 40 heavy (non-hydrogen) atoms. The van der Waals surface area contributed by atoms with Crippen LogP contribution in [0.15, 0.2) is 72.9 Å². The number of primary amides is 1. The first-order valence-corrected chi connectivity index (χ1v) is 13.5. The highest BCUT2D eigenvalue weighted by molar-refractivity contribution is 6.04. The van der Waals surface area contributed by atoms with Gasteiger partial charge in [0.2, 0.25) is 11.8 Å². The van der Waals surface area contributed by atoms with Crippen molar-refractivity contribution >= 4 is 40.0 Å². The maximum Gasteiger partial charge on any atom is 0.250 e. The highest BCUT2D eigenvalue weighted by atomic mass is 16.2. The van der Waals surface area contributed by atoms with E-state index in [-0.39, 0.29) is 17.9 Å². The molecule has 10 nitrogen and oxygen atoms in total. The number of imide groups is 1. The molecule has 10 heteroatoms. The summed E-state index contributed by atoms with van der Waals surface area (Å²) < 4.78 is 1.78. The summed E-state index contributed by atoms with van der Waals surface area (Å²) in [5.41, 5.74) is 10.7. The smallest absolute Gasteiger partial charge is 0.250 e. The van der Waals surface area contributed by atoms with E-state index in [1.54, 1.807) is 10.7 Å². The largest absolute Gasteiger partial charge is 0.374 e. The molecule has 0 saturated carbocycles. The molecular weight excluding hydrogens is 506 g/mol. The molecule has 1 aromatic heterocycles. The van der Waals surface area contributed by atoms with Gasteiger partial charge in [0.1, 0.15) is 11.6 Å². The maximum absolute atomic E-state index is 12.1. The lowest BCUT2D eigenvalue weighted by atomic mass is 10.1. The molecule has 204 valence electrons. The van der Waals surface area contributed by atoms with Crippen molar-refractivity contribution in [1.82, 2.24) is 20.0 Å². The van der Waals surface area contributed by atoms with Gasteiger partial charge in [0.05, 0.1) is 11.3 Å². The van der Waals surface area contributed by atoms with Gasteiger partial charge in [-0.15, -0.1) is 0 Å². The van der Waals surface area contributed by atoms with Crippen LogP contribution in [0.25, 0.3) is 16.6 Å². The van der Waals surface area contributed by atoms with Crippen LogP contribution in [-0.2, 0) is 16.1 Å². The Bertz CT molecular complexity index is 1570. The normalized spacial score (nSPS) is 18.1. The number of benzene rings is 3. The first kappa shape index (κ1) is 25.6. The van der Waals surface area contributed by atoms with Gasteiger partial charge in [-0.3, -0.25) is 24.6 Å². The number of rotatable bonds is 7. The zero-order chi connectivity index (χ0) is 27.6. The fourth-order valence-corrected chi connectivity index (χ4v) is 5.41. The van der Waals surface area contributed by atoms with Crippen LogP contribution in [0.4, 0.5) is 11.4 Å². The molecule has 3 amide bonds. The summed E-state index contributed by atoms with van der Waals surface area (Å²) >= 11 is 0. The van der Waals surface area contributed by atoms with Gasteiger partial charge in [-0.25, -0.2) is 4.68 Å². The Morgan fingerprint density at radius 3 is 2.48 bits per heavy atom. The lowest BCUT2D eigenvalue weighted by molar-refractivity contribution is -0.133. The fourth-order valence-electron chi connectivity index (χ4n) is 5.41. The zero-order valence-electron chi connectivity index (χ0n) is 22.0. The van der Waals surface area contributed by atoms with Gasteiger partial charge < -0.3 is 16.0 Å². The maximum atomic E-state index is 12.1. The van der Waals surface area contributed by atoms with Crippen molar-refractivity contribution in [2.75, 3.05) is 36.4 Å². The topological polar surface area (TPSA) is 126 Å². The molecule has 0 bridgehead atoms. The molecule has 2 saturated heterocycles. The molecule has 0 radical (unpaired) electrons. The molecule has 3 aromatic carbocycles. The Morgan fingerprint density at radius 1 is 0.975 bits per heavy atom. The van der Waals surface area contributed by atoms with Gasteiger partial charge in [0, 0.05) is 62.1 Å². The van der Waals surface area contributed by atoms with E-state index in [4.69, 9.17) is 5.73 Å². The van der Waals surface area contributed by atoms with Crippen LogP contribution in [0.1, 0.15) is 28.8 Å². The minimum absolute atomic E-state index is 0.210. The molecular formula is C30H31N7O3. The molecule has 6 rings (SSSR count). The molecule has 4 N–H and O–H groups in total. The van der Waals surface area contributed by atoms with Gasteiger partial charge in [0.25, 0.3) is 5.91 Å². The second kappa shape index (κ2) is 10.8. The Morgan fingerprint density at radius 2 is 1.73 bits per heavy atom. The molecule has 2 aliphatic rings. The second-order valence-electron chi connectivity index (χ2n) is 10.3. The van der Waals surface area contributed by atoms with E-state index in [1.165, 1.54) is 5.56 Å². The minimum atomic E-state index is -0.484. The third-order valence-corrected chi connectivity index (χ3v) is 7.57. The number of nitrogens with one attached hydrogen (secondary N) is 2. The van der Waals surface area contributed by atoms with E-state index in [9.17, 15) is 14.4 Å². The SMILES string of the molecule is NC(=O)c1cccc2cn(-c3ccc(N4CCN(Cc5cccc(NC6CCC(=O)NC6=O)c5)CC4)cc3)nc12. The molecule has 2 fully saturated rings. The van der Waals surface area contributed by atoms with Gasteiger partial charge in [-0.2, -0.15) is 5.10 Å². The van der Waals surface area contributed by atoms with Crippen LogP contribution in [0.3, 0.4) is 0 Å². The average molecular weight is 538 g/mol. The Kier molecular flexibility index (Phi) is 6.91. The molecule has 1 unspecified atom stereocenters. The summed E-state index contributed by atoms with van der Waals surface area (Å²) in [6.45, 7) is 4.54. The number of carbonyl (C=O) groups is 3. The lowest BCUT2D eigenvalue weighted by Crippen LogP contribution is -2.47. The van der Waals surface area contributed by atoms with E-state index in [0.717, 1.165) is 55.2 Å². The van der Waals surface area contributed by atoms with E-state index in [2.05, 4.69) is 49.8 Å². The third-order valence-electron chi connectivity index (χ3n) is 7.57. The Hall–Kier alpha value is -4.70. The number of hydrogen-bond acceptors (Lipinski definition) is 7. The highest BCUT2D eigenvalue weighted by Gasteiger charge is 2.26. The van der Waals surface area contributed by atoms with Crippen molar-refractivity contribution < 1.29 is 14.4 Å². The monoisotopic (exact) mass is 537 g/mol. The summed E-state index contributed by atoms with van der Waals surface area (Å²) in [5.74, 6) is -0.957. The van der Waals surface area contributed by atoms with Crippen LogP contribution in [-0.4, -0.2) is 64.6 Å². The summed E-state index contributed by atoms with van der Waals surface area (Å²) in [5, 5.41) is 11.1. The van der Waals surface area contributed by atoms with Crippen molar-refractivity contribution in [1.29, 1.82) is 0 Å². The zero-order valence-corrected chi connectivity index (χ0v) is 22.0. The van der Waals surface area contributed by atoms with Crippen molar-refractivity contribution in [2.24, 2.45) is 5.73 Å². The Balaban J connectivity index is 1.05. The predicted molar refractivity (Wildman–Crippen MR) is 153 cm³/mol. The van der Waals surface area contributed by atoms with Gasteiger partial charge in [-0.05, 0) is 54.4 Å². The molecule has 3 heterocycles. The van der Waals surface area contributed by atoms with Crippen LogP contribution in [0.2, 0.25) is 0 Å². The number of hydrogen-bond donors (Lipinski definition) is 3. The number of piperazine rings is 1. The van der Waals surface area contributed by atoms with Crippen LogP contribution in [0.5, 0.6) is 0 Å². The molecule has 4 aromatic rings. The molecule has 0 spiro atoms. The first-order valence-electron chi connectivity index (χ1n) is 13.5. The van der Waals surface area contributed by atoms with Crippen molar-refractivity contribution in [3.05, 3.63) is 84.1 Å². The Labute approximate surface area is 231 Å². The number of piperidine rings is 1. The quantitative estimate of drug-likeness (QED) is 0.310. The number of nitrogens with two attached hydrogens (primary N) is 1. The van der Waals surface area contributed by atoms with E-state index in [0.29, 0.717) is 23.9 Å². The van der Waals surface area contributed by atoms with Crippen molar-refractivity contribution in [3.8, 4) is 5.69 Å². The van der Waals surface area contributed by atoms with Gasteiger partial charge >= 0.3 is 0 Å². The van der Waals surface area contributed by atoms with E-state index >= 15 is 0 Å². The van der Waals surface area contributed by atoms with E-state index in [1.807, 2.05) is 42.6 Å². The van der Waals surface area contributed by atoms with Gasteiger partial charge in [-0.1, -0.05) is 24.3 Å². The standard InChI is InChI=1S/C30H31N7O3/c31-29(39)25-6-2-4-21-19-37(34-28(21)25)24-9-7-23(8-10-24)36-15-13-35(14-16-36)18-20-3-1-5-22(17-20)32-26-11-12-27(38)33-30(26)40/h1-10,17,19,26,32H,11-16,18H2,(H2,31,39)(H,33,38,40).